The Kier molecular flexibility index (Phi) is 10.1. The third-order valence-corrected chi connectivity index (χ3v) is 10.2. The number of carbonyl (C=O) groups is 1. The summed E-state index contributed by atoms with van der Waals surface area (Å²) in [6.07, 6.45) is 6.46. The summed E-state index contributed by atoms with van der Waals surface area (Å²) in [6.45, 7) is 2.13. The van der Waals surface area contributed by atoms with Crippen LogP contribution in [0, 0.1) is 0 Å². The van der Waals surface area contributed by atoms with Crippen LogP contribution >= 0.6 is 24.2 Å². The third kappa shape index (κ3) is 5.94. The maximum Gasteiger partial charge on any atom is 0.265 e. The third-order valence-electron chi connectivity index (χ3n) is 6.29. The van der Waals surface area contributed by atoms with E-state index in [1.54, 1.807) is 36.5 Å². The highest BCUT2D eigenvalue weighted by atomic mass is 35.5. The van der Waals surface area contributed by atoms with Gasteiger partial charge in [0.25, 0.3) is 5.91 Å². The Hall–Kier alpha value is -0.840. The molecule has 0 atom stereocenters. The number of nitrogens with zero attached hydrogens (tertiary/aromatic N) is 1. The topological polar surface area (TPSA) is 95.9 Å². The summed E-state index contributed by atoms with van der Waals surface area (Å²) >= 11 is 1.80. The minimum Gasteiger partial charge on any atom is -0.383 e. The van der Waals surface area contributed by atoms with Crippen molar-refractivity contribution >= 4 is 39.9 Å². The monoisotopic (exact) mass is 492 g/mol. The van der Waals surface area contributed by atoms with E-state index in [0.29, 0.717) is 31.5 Å². The van der Waals surface area contributed by atoms with Gasteiger partial charge in [-0.15, -0.1) is 24.2 Å². The molecule has 1 saturated carbocycles. The highest BCUT2D eigenvalue weighted by molar-refractivity contribution is 8.00. The molecule has 0 radical (unpaired) electrons. The minimum atomic E-state index is -3.97. The van der Waals surface area contributed by atoms with Gasteiger partial charge in [-0.3, -0.25) is 10.0 Å². The first kappa shape index (κ1) is 26.4. The molecule has 1 aliphatic carbocycles. The molecule has 1 amide bonds. The van der Waals surface area contributed by atoms with Crippen LogP contribution < -0.4 is 5.48 Å². The van der Waals surface area contributed by atoms with Crippen LogP contribution in [0.3, 0.4) is 0 Å². The van der Waals surface area contributed by atoms with Crippen LogP contribution in [-0.4, -0.2) is 67.8 Å². The lowest BCUT2D eigenvalue weighted by Crippen LogP contribution is -2.58. The highest BCUT2D eigenvalue weighted by Crippen LogP contribution is 2.38. The fourth-order valence-corrected chi connectivity index (χ4v) is 7.58. The number of hydrogen-bond donors (Lipinski definition) is 2. The van der Waals surface area contributed by atoms with Crippen LogP contribution in [-0.2, 0) is 19.4 Å². The molecule has 0 bridgehead atoms. The fraction of sp³-hybridized carbons (Fsp3) is 0.667. The molecule has 10 heteroatoms. The zero-order valence-corrected chi connectivity index (χ0v) is 20.4. The number of hydrogen-bond acceptors (Lipinski definition) is 7. The van der Waals surface area contributed by atoms with Crippen molar-refractivity contribution in [3.05, 3.63) is 24.3 Å². The van der Waals surface area contributed by atoms with Crippen molar-refractivity contribution in [3.63, 3.8) is 0 Å². The predicted molar refractivity (Wildman–Crippen MR) is 124 cm³/mol. The summed E-state index contributed by atoms with van der Waals surface area (Å²) in [4.78, 5) is 15.8. The molecule has 1 aliphatic heterocycles. The first-order valence-corrected chi connectivity index (χ1v) is 13.0. The van der Waals surface area contributed by atoms with Crippen LogP contribution in [0.15, 0.2) is 34.1 Å². The van der Waals surface area contributed by atoms with Crippen molar-refractivity contribution in [2.45, 2.75) is 64.7 Å². The lowest BCUT2D eigenvalue weighted by Gasteiger charge is -2.39. The normalized spacial score (nSPS) is 20.1. The maximum atomic E-state index is 13.5. The lowest BCUT2D eigenvalue weighted by atomic mass is 9.95. The number of amides is 1. The average molecular weight is 493 g/mol. The molecule has 2 aliphatic rings. The Morgan fingerprint density at radius 3 is 2.35 bits per heavy atom. The Morgan fingerprint density at radius 2 is 1.81 bits per heavy atom. The molecule has 7 nitrogen and oxygen atoms in total. The zero-order valence-electron chi connectivity index (χ0n) is 17.9. The number of carbonyl (C=O) groups excluding carboxylic acids is 1. The summed E-state index contributed by atoms with van der Waals surface area (Å²) in [5, 5.41) is 9.88. The molecule has 2 fully saturated rings. The second-order valence-corrected chi connectivity index (χ2v) is 11.8. The highest BCUT2D eigenvalue weighted by Gasteiger charge is 2.52. The van der Waals surface area contributed by atoms with Crippen molar-refractivity contribution in [1.82, 2.24) is 10.4 Å². The van der Waals surface area contributed by atoms with Gasteiger partial charge in [0.05, 0.1) is 11.5 Å². The predicted octanol–water partition coefficient (Wildman–Crippen LogP) is 3.29. The number of benzene rings is 1. The summed E-state index contributed by atoms with van der Waals surface area (Å²) in [5.41, 5.74) is 1.61. The van der Waals surface area contributed by atoms with Gasteiger partial charge in [-0.1, -0.05) is 19.3 Å². The van der Waals surface area contributed by atoms with Gasteiger partial charge in [-0.05, 0) is 49.9 Å². The van der Waals surface area contributed by atoms with Crippen molar-refractivity contribution in [2.75, 3.05) is 33.4 Å². The van der Waals surface area contributed by atoms with E-state index in [1.165, 1.54) is 32.1 Å². The Morgan fingerprint density at radius 1 is 1.19 bits per heavy atom. The van der Waals surface area contributed by atoms with E-state index in [1.807, 2.05) is 12.1 Å². The first-order chi connectivity index (χ1) is 14.4. The quantitative estimate of drug-likeness (QED) is 0.424. The van der Waals surface area contributed by atoms with Crippen LogP contribution in [0.2, 0.25) is 0 Å². The van der Waals surface area contributed by atoms with E-state index in [4.69, 9.17) is 4.74 Å². The van der Waals surface area contributed by atoms with Gasteiger partial charge < -0.3 is 9.64 Å². The van der Waals surface area contributed by atoms with Gasteiger partial charge in [0.15, 0.2) is 14.6 Å². The van der Waals surface area contributed by atoms with E-state index < -0.39 is 20.5 Å². The number of ether oxygens (including phenoxy) is 1. The maximum absolute atomic E-state index is 13.5. The van der Waals surface area contributed by atoms with E-state index in [-0.39, 0.29) is 30.1 Å². The van der Waals surface area contributed by atoms with Gasteiger partial charge in [0, 0.05) is 36.9 Å². The molecule has 31 heavy (non-hydrogen) atoms. The number of thioether (sulfide) groups is 1. The number of nitrogens with one attached hydrogen (secondary N) is 1. The van der Waals surface area contributed by atoms with Crippen molar-refractivity contribution < 1.29 is 23.2 Å². The molecular formula is C21H33ClN2O5S2. The van der Waals surface area contributed by atoms with Crippen LogP contribution in [0.4, 0.5) is 0 Å². The van der Waals surface area contributed by atoms with Crippen molar-refractivity contribution in [2.24, 2.45) is 0 Å². The van der Waals surface area contributed by atoms with Crippen LogP contribution in [0.1, 0.15) is 44.9 Å². The van der Waals surface area contributed by atoms with E-state index in [0.717, 1.165) is 4.90 Å². The number of methoxy groups -OCH3 is 1. The second-order valence-electron chi connectivity index (χ2n) is 8.12. The number of piperidine rings is 1. The van der Waals surface area contributed by atoms with E-state index in [2.05, 4.69) is 4.90 Å². The number of halogens is 1. The Balaban J connectivity index is 0.00000341. The van der Waals surface area contributed by atoms with Gasteiger partial charge in [-0.2, -0.15) is 0 Å². The van der Waals surface area contributed by atoms with E-state index in [9.17, 15) is 18.4 Å². The summed E-state index contributed by atoms with van der Waals surface area (Å²) in [6, 6.07) is 6.88. The molecule has 0 unspecified atom stereocenters. The van der Waals surface area contributed by atoms with Gasteiger partial charge >= 0.3 is 0 Å². The standard InChI is InChI=1S/C21H32N2O5S2.ClH/c1-28-16-15-23-13-11-21(12-14-23,20(24)22-25)30(26,27)19-9-7-18(8-10-19)29-17-5-3-2-4-6-17;/h7-10,17,25H,2-6,11-16H2,1H3,(H,22,24);1H. The number of rotatable bonds is 8. The summed E-state index contributed by atoms with van der Waals surface area (Å²) in [5.74, 6) is -0.852. The molecular weight excluding hydrogens is 460 g/mol. The summed E-state index contributed by atoms with van der Waals surface area (Å²) < 4.78 is 30.4. The molecule has 1 aromatic carbocycles. The minimum absolute atomic E-state index is 0. The van der Waals surface area contributed by atoms with Crippen LogP contribution in [0.5, 0.6) is 0 Å². The molecule has 1 aromatic rings. The number of sulfone groups is 1. The number of hydroxylamine groups is 1. The van der Waals surface area contributed by atoms with Gasteiger partial charge in [-0.25, -0.2) is 13.9 Å². The fourth-order valence-electron chi connectivity index (χ4n) is 4.38. The first-order valence-electron chi connectivity index (χ1n) is 10.6. The lowest BCUT2D eigenvalue weighted by molar-refractivity contribution is -0.133. The van der Waals surface area contributed by atoms with Gasteiger partial charge in [0.2, 0.25) is 0 Å². The number of likely N-dealkylation sites (tertiary alicyclic amines) is 1. The molecule has 176 valence electrons. The molecule has 0 aromatic heterocycles. The zero-order chi connectivity index (χ0) is 21.6. The molecule has 1 saturated heterocycles. The molecule has 3 rings (SSSR count). The van der Waals surface area contributed by atoms with Crippen LogP contribution in [0.25, 0.3) is 0 Å². The van der Waals surface area contributed by atoms with Crippen molar-refractivity contribution in [1.29, 1.82) is 0 Å². The average Bonchev–Trinajstić information content (AvgIpc) is 2.78. The molecule has 0 spiro atoms. The second kappa shape index (κ2) is 11.9. The molecule has 2 N–H and O–H groups in total. The smallest absolute Gasteiger partial charge is 0.265 e. The van der Waals surface area contributed by atoms with Gasteiger partial charge in [0.1, 0.15) is 0 Å². The Labute approximate surface area is 195 Å². The molecule has 1 heterocycles. The largest absolute Gasteiger partial charge is 0.383 e. The van der Waals surface area contributed by atoms with E-state index >= 15 is 0 Å². The summed E-state index contributed by atoms with van der Waals surface area (Å²) in [7, 11) is -2.35. The Bertz CT molecular complexity index is 806. The van der Waals surface area contributed by atoms with Crippen molar-refractivity contribution in [3.8, 4) is 0 Å². The SMILES string of the molecule is COCCN1CCC(C(=O)NO)(S(=O)(=O)c2ccc(SC3CCCCC3)cc2)CC1.Cl.